The number of nitrogens with one attached hydrogen (secondary N) is 1. The molecule has 2 atom stereocenters. The Kier molecular flexibility index (Phi) is 4.57. The van der Waals surface area contributed by atoms with E-state index in [1.54, 1.807) is 6.20 Å². The maximum absolute atomic E-state index is 13.4. The van der Waals surface area contributed by atoms with Crippen LogP contribution in [0.1, 0.15) is 51.2 Å². The molecule has 29 heavy (non-hydrogen) atoms. The first-order valence-corrected chi connectivity index (χ1v) is 12.0. The molecule has 6 nitrogen and oxygen atoms in total. The average molecular weight is 414 g/mol. The number of azo groups is 1. The molecule has 0 saturated heterocycles. The number of hydrogen-bond donors (Lipinski definition) is 1. The summed E-state index contributed by atoms with van der Waals surface area (Å²) in [6.07, 6.45) is 4.66. The molecule has 0 spiro atoms. The fourth-order valence-electron chi connectivity index (χ4n) is 5.12. The van der Waals surface area contributed by atoms with E-state index in [9.17, 15) is 13.2 Å². The van der Waals surface area contributed by atoms with E-state index in [-0.39, 0.29) is 23.1 Å². The summed E-state index contributed by atoms with van der Waals surface area (Å²) in [7, 11) is -3.16. The lowest BCUT2D eigenvalue weighted by Crippen LogP contribution is -2.51. The molecule has 0 saturated carbocycles. The van der Waals surface area contributed by atoms with Crippen LogP contribution in [-0.2, 0) is 25.8 Å². The van der Waals surface area contributed by atoms with Gasteiger partial charge in [-0.15, -0.1) is 0 Å². The minimum Gasteiger partial charge on any atom is -0.362 e. The number of carbonyl (C=O) groups is 1. The monoisotopic (exact) mass is 413 g/mol. The molecule has 1 aromatic rings. The van der Waals surface area contributed by atoms with Crippen LogP contribution in [0.25, 0.3) is 0 Å². The maximum atomic E-state index is 13.4. The van der Waals surface area contributed by atoms with Crippen LogP contribution in [0.2, 0.25) is 0 Å². The SMILES string of the molecule is CCC1(c2cccc(CS(C)(=O)=O)c2)C2=CN=NC2NC2=C1C(=O)CC(C)(C)C2. The van der Waals surface area contributed by atoms with Crippen LogP contribution in [0.4, 0.5) is 0 Å². The van der Waals surface area contributed by atoms with Gasteiger partial charge in [0.2, 0.25) is 0 Å². The van der Waals surface area contributed by atoms with Crippen molar-refractivity contribution < 1.29 is 13.2 Å². The number of rotatable bonds is 4. The van der Waals surface area contributed by atoms with Crippen LogP contribution in [0.15, 0.2) is 57.5 Å². The van der Waals surface area contributed by atoms with Gasteiger partial charge in [-0.05, 0) is 29.4 Å². The van der Waals surface area contributed by atoms with Gasteiger partial charge >= 0.3 is 0 Å². The van der Waals surface area contributed by atoms with E-state index in [4.69, 9.17) is 0 Å². The summed E-state index contributed by atoms with van der Waals surface area (Å²) in [5.41, 5.74) is 3.62. The average Bonchev–Trinajstić information content (AvgIpc) is 3.06. The van der Waals surface area contributed by atoms with Crippen LogP contribution < -0.4 is 5.32 Å². The Morgan fingerprint density at radius 1 is 1.24 bits per heavy atom. The van der Waals surface area contributed by atoms with E-state index in [0.717, 1.165) is 34.4 Å². The third kappa shape index (κ3) is 3.35. The highest BCUT2D eigenvalue weighted by molar-refractivity contribution is 7.89. The molecular formula is C22H27N3O3S. The first-order valence-electron chi connectivity index (χ1n) is 9.97. The van der Waals surface area contributed by atoms with Crippen molar-refractivity contribution in [3.63, 3.8) is 0 Å². The van der Waals surface area contributed by atoms with Crippen molar-refractivity contribution in [2.75, 3.05) is 6.26 Å². The maximum Gasteiger partial charge on any atom is 0.164 e. The number of Topliss-reactive ketones (excluding diaryl/α,β-unsaturated/α-hetero) is 1. The van der Waals surface area contributed by atoms with Crippen molar-refractivity contribution in [1.82, 2.24) is 5.32 Å². The Morgan fingerprint density at radius 2 is 2.00 bits per heavy atom. The Balaban J connectivity index is 1.94. The van der Waals surface area contributed by atoms with Crippen LogP contribution in [0.5, 0.6) is 0 Å². The van der Waals surface area contributed by atoms with Gasteiger partial charge in [-0.1, -0.05) is 45.0 Å². The largest absolute Gasteiger partial charge is 0.362 e. The molecule has 2 unspecified atom stereocenters. The highest BCUT2D eigenvalue weighted by Crippen LogP contribution is 2.53. The molecule has 0 fully saturated rings. The van der Waals surface area contributed by atoms with Crippen molar-refractivity contribution in [1.29, 1.82) is 0 Å². The third-order valence-corrected chi connectivity index (χ3v) is 7.02. The van der Waals surface area contributed by atoms with E-state index >= 15 is 0 Å². The molecule has 3 aliphatic rings. The predicted octanol–water partition coefficient (Wildman–Crippen LogP) is 3.80. The van der Waals surface area contributed by atoms with Crippen LogP contribution in [-0.4, -0.2) is 26.6 Å². The van der Waals surface area contributed by atoms with Gasteiger partial charge in [0.1, 0.15) is 0 Å². The molecule has 1 aromatic carbocycles. The smallest absolute Gasteiger partial charge is 0.164 e. The van der Waals surface area contributed by atoms with Crippen LogP contribution in [0.3, 0.4) is 0 Å². The number of sulfone groups is 1. The minimum absolute atomic E-state index is 0.0248. The number of fused-ring (bicyclic) bond motifs is 1. The van der Waals surface area contributed by atoms with Crippen molar-refractivity contribution in [3.8, 4) is 0 Å². The second-order valence-corrected chi connectivity index (χ2v) is 11.3. The second-order valence-electron chi connectivity index (χ2n) is 9.19. The molecular weight excluding hydrogens is 386 g/mol. The minimum atomic E-state index is -3.16. The zero-order valence-electron chi connectivity index (χ0n) is 17.3. The number of ketones is 1. The van der Waals surface area contributed by atoms with Crippen molar-refractivity contribution in [2.45, 2.75) is 57.4 Å². The van der Waals surface area contributed by atoms with Gasteiger partial charge in [0.25, 0.3) is 0 Å². The molecule has 2 aliphatic heterocycles. The first-order chi connectivity index (χ1) is 13.6. The van der Waals surface area contributed by atoms with E-state index in [1.165, 1.54) is 6.26 Å². The Labute approximate surface area is 172 Å². The molecule has 0 amide bonds. The lowest BCUT2D eigenvalue weighted by molar-refractivity contribution is -0.119. The van der Waals surface area contributed by atoms with E-state index in [2.05, 4.69) is 36.3 Å². The second kappa shape index (κ2) is 6.62. The summed E-state index contributed by atoms with van der Waals surface area (Å²) >= 11 is 0. The summed E-state index contributed by atoms with van der Waals surface area (Å²) in [6, 6.07) is 7.63. The molecule has 0 aromatic heterocycles. The molecule has 2 heterocycles. The first kappa shape index (κ1) is 20.0. The summed E-state index contributed by atoms with van der Waals surface area (Å²) in [4.78, 5) is 13.4. The number of allylic oxidation sites excluding steroid dienone is 2. The third-order valence-electron chi connectivity index (χ3n) is 6.16. The zero-order valence-corrected chi connectivity index (χ0v) is 18.1. The molecule has 154 valence electrons. The van der Waals surface area contributed by atoms with E-state index in [1.807, 2.05) is 24.3 Å². The van der Waals surface area contributed by atoms with Crippen molar-refractivity contribution in [3.05, 3.63) is 58.4 Å². The van der Waals surface area contributed by atoms with E-state index < -0.39 is 15.3 Å². The Hall–Kier alpha value is -2.28. The standard InChI is InChI=1S/C22H27N3O3S/c1-5-22(15-8-6-7-14(9-15)13-29(4,27)28)16-12-23-25-20(16)24-17-10-21(2,3)11-18(26)19(17)22/h6-9,12,20,24H,5,10-11,13H2,1-4H3. The topological polar surface area (TPSA) is 88.0 Å². The highest BCUT2D eigenvalue weighted by atomic mass is 32.2. The molecule has 1 aliphatic carbocycles. The summed E-state index contributed by atoms with van der Waals surface area (Å²) in [6.45, 7) is 6.29. The van der Waals surface area contributed by atoms with Gasteiger partial charge in [-0.25, -0.2) is 8.42 Å². The van der Waals surface area contributed by atoms with Gasteiger partial charge in [0.15, 0.2) is 21.8 Å². The van der Waals surface area contributed by atoms with Gasteiger partial charge < -0.3 is 5.32 Å². The molecule has 1 N–H and O–H groups in total. The van der Waals surface area contributed by atoms with Crippen LogP contribution >= 0.6 is 0 Å². The molecule has 0 radical (unpaired) electrons. The quantitative estimate of drug-likeness (QED) is 0.813. The molecule has 7 heteroatoms. The lowest BCUT2D eigenvalue weighted by Gasteiger charge is -2.47. The fourth-order valence-corrected chi connectivity index (χ4v) is 5.90. The predicted molar refractivity (Wildman–Crippen MR) is 112 cm³/mol. The number of hydrogen-bond acceptors (Lipinski definition) is 6. The van der Waals surface area contributed by atoms with Crippen LogP contribution in [0, 0.1) is 5.41 Å². The van der Waals surface area contributed by atoms with Gasteiger partial charge in [-0.2, -0.15) is 10.2 Å². The molecule has 4 rings (SSSR count). The normalized spacial score (nSPS) is 27.9. The van der Waals surface area contributed by atoms with Crippen molar-refractivity contribution >= 4 is 15.6 Å². The highest BCUT2D eigenvalue weighted by Gasteiger charge is 2.52. The number of carbonyl (C=O) groups excluding carboxylic acids is 1. The van der Waals surface area contributed by atoms with Gasteiger partial charge in [0.05, 0.1) is 17.4 Å². The summed E-state index contributed by atoms with van der Waals surface area (Å²) in [5.74, 6) is 0.119. The number of nitrogens with zero attached hydrogens (tertiary/aromatic N) is 2. The Morgan fingerprint density at radius 3 is 2.69 bits per heavy atom. The zero-order chi connectivity index (χ0) is 21.0. The fraction of sp³-hybridized carbons (Fsp3) is 0.500. The Bertz CT molecular complexity index is 1080. The number of benzene rings is 1. The van der Waals surface area contributed by atoms with Crippen molar-refractivity contribution in [2.24, 2.45) is 15.6 Å². The van der Waals surface area contributed by atoms with Gasteiger partial charge in [0, 0.05) is 29.5 Å². The summed E-state index contributed by atoms with van der Waals surface area (Å²) < 4.78 is 23.7. The summed E-state index contributed by atoms with van der Waals surface area (Å²) in [5, 5.41) is 12.0. The lowest BCUT2D eigenvalue weighted by atomic mass is 9.59. The van der Waals surface area contributed by atoms with E-state index in [0.29, 0.717) is 12.8 Å². The molecule has 0 bridgehead atoms. The van der Waals surface area contributed by atoms with Gasteiger partial charge in [-0.3, -0.25) is 4.79 Å².